The van der Waals surface area contributed by atoms with Crippen molar-refractivity contribution in [3.8, 4) is 11.5 Å². The summed E-state index contributed by atoms with van der Waals surface area (Å²) in [6, 6.07) is 4.11. The first-order valence-corrected chi connectivity index (χ1v) is 5.06. The van der Waals surface area contributed by atoms with E-state index >= 15 is 0 Å². The summed E-state index contributed by atoms with van der Waals surface area (Å²) >= 11 is 0. The number of rotatable bonds is 1. The average molecular weight is 232 g/mol. The highest BCUT2D eigenvalue weighted by atomic mass is 16.3. The zero-order chi connectivity index (χ0) is 12.6. The molecule has 5 nitrogen and oxygen atoms in total. The van der Waals surface area contributed by atoms with Gasteiger partial charge in [0.15, 0.2) is 0 Å². The number of hydrogen-bond acceptors (Lipinski definition) is 4. The van der Waals surface area contributed by atoms with Crippen LogP contribution in [0.5, 0.6) is 11.5 Å². The van der Waals surface area contributed by atoms with Gasteiger partial charge in [-0.15, -0.1) is 0 Å². The van der Waals surface area contributed by atoms with Crippen LogP contribution < -0.4 is 0 Å². The van der Waals surface area contributed by atoms with Gasteiger partial charge in [-0.2, -0.15) is 0 Å². The monoisotopic (exact) mass is 232 g/mol. The Hall–Kier alpha value is -2.30. The van der Waals surface area contributed by atoms with Crippen molar-refractivity contribution in [3.63, 3.8) is 0 Å². The van der Waals surface area contributed by atoms with Gasteiger partial charge in [0.25, 0.3) is 5.91 Å². The van der Waals surface area contributed by atoms with Gasteiger partial charge >= 0.3 is 0 Å². The molecule has 0 unspecified atom stereocenters. The number of phenolic OH excluding ortho intramolecular Hbond substituents is 2. The Kier molecular flexibility index (Phi) is 2.59. The van der Waals surface area contributed by atoms with Crippen LogP contribution in [0.3, 0.4) is 0 Å². The van der Waals surface area contributed by atoms with Crippen LogP contribution >= 0.6 is 0 Å². The number of carbonyl (C=O) groups is 1. The number of nitrogens with zero attached hydrogens (tertiary/aromatic N) is 2. The summed E-state index contributed by atoms with van der Waals surface area (Å²) in [6.45, 7) is 1.72. The Bertz CT molecular complexity index is 547. The number of benzene rings is 1. The molecule has 1 aromatic carbocycles. The van der Waals surface area contributed by atoms with Crippen molar-refractivity contribution < 1.29 is 15.0 Å². The predicted molar refractivity (Wildman–Crippen MR) is 63.6 cm³/mol. The maximum absolute atomic E-state index is 11.7. The van der Waals surface area contributed by atoms with Crippen LogP contribution in [-0.2, 0) is 4.79 Å². The smallest absolute Gasteiger partial charge is 0.277 e. The summed E-state index contributed by atoms with van der Waals surface area (Å²) in [5, 5.41) is 18.9. The molecule has 0 bridgehead atoms. The minimum Gasteiger partial charge on any atom is -0.508 e. The lowest BCUT2D eigenvalue weighted by molar-refractivity contribution is -0.121. The molecule has 0 radical (unpaired) electrons. The summed E-state index contributed by atoms with van der Waals surface area (Å²) in [4.78, 5) is 17.2. The number of likely N-dealkylation sites (N-methyl/N-ethyl adjacent to an activating group) is 1. The Labute approximate surface area is 98.3 Å². The lowest BCUT2D eigenvalue weighted by Gasteiger charge is -2.06. The molecule has 0 fully saturated rings. The summed E-state index contributed by atoms with van der Waals surface area (Å²) in [6.07, 6.45) is 1.45. The van der Waals surface area contributed by atoms with Crippen molar-refractivity contribution >= 4 is 17.8 Å². The van der Waals surface area contributed by atoms with Gasteiger partial charge in [0, 0.05) is 12.6 Å². The summed E-state index contributed by atoms with van der Waals surface area (Å²) in [5.74, 6) is 0.380. The first kappa shape index (κ1) is 11.2. The van der Waals surface area contributed by atoms with Gasteiger partial charge in [-0.25, -0.2) is 4.99 Å². The van der Waals surface area contributed by atoms with E-state index in [1.54, 1.807) is 14.0 Å². The van der Waals surface area contributed by atoms with Gasteiger partial charge in [-0.3, -0.25) is 9.69 Å². The number of amidine groups is 1. The Morgan fingerprint density at radius 1 is 1.35 bits per heavy atom. The van der Waals surface area contributed by atoms with Gasteiger partial charge in [0.2, 0.25) is 0 Å². The topological polar surface area (TPSA) is 73.1 Å². The first-order chi connectivity index (χ1) is 7.99. The normalized spacial score (nSPS) is 17.8. The Balaban J connectivity index is 2.44. The molecule has 1 aliphatic heterocycles. The minimum atomic E-state index is -0.231. The first-order valence-electron chi connectivity index (χ1n) is 5.06. The zero-order valence-corrected chi connectivity index (χ0v) is 9.51. The maximum Gasteiger partial charge on any atom is 0.277 e. The highest BCUT2D eigenvalue weighted by Crippen LogP contribution is 2.26. The number of aliphatic imine (C=N–C) groups is 1. The molecular formula is C12H12N2O3. The van der Waals surface area contributed by atoms with E-state index in [1.165, 1.54) is 29.2 Å². The fraction of sp³-hybridized carbons (Fsp3) is 0.167. The molecule has 0 spiro atoms. The quantitative estimate of drug-likeness (QED) is 0.566. The summed E-state index contributed by atoms with van der Waals surface area (Å²) in [7, 11) is 1.63. The van der Waals surface area contributed by atoms with Crippen molar-refractivity contribution in [2.45, 2.75) is 6.92 Å². The van der Waals surface area contributed by atoms with E-state index in [1.807, 2.05) is 0 Å². The lowest BCUT2D eigenvalue weighted by atomic mass is 10.1. The van der Waals surface area contributed by atoms with Gasteiger partial charge < -0.3 is 10.2 Å². The SMILES string of the molecule is CC1=N/C(=C\c2cc(O)ccc2O)C(=O)N1C. The van der Waals surface area contributed by atoms with E-state index < -0.39 is 0 Å². The van der Waals surface area contributed by atoms with Gasteiger partial charge in [-0.1, -0.05) is 0 Å². The van der Waals surface area contributed by atoms with Gasteiger partial charge in [0.05, 0.1) is 0 Å². The van der Waals surface area contributed by atoms with Crippen LogP contribution in [0.4, 0.5) is 0 Å². The van der Waals surface area contributed by atoms with Crippen LogP contribution in [0.1, 0.15) is 12.5 Å². The molecule has 1 heterocycles. The molecule has 1 aromatic rings. The molecule has 0 aromatic heterocycles. The van der Waals surface area contributed by atoms with Crippen molar-refractivity contribution in [1.29, 1.82) is 0 Å². The average Bonchev–Trinajstić information content (AvgIpc) is 2.52. The molecule has 2 N–H and O–H groups in total. The minimum absolute atomic E-state index is 0.00879. The second-order valence-electron chi connectivity index (χ2n) is 3.80. The Morgan fingerprint density at radius 2 is 2.06 bits per heavy atom. The highest BCUT2D eigenvalue weighted by Gasteiger charge is 2.23. The third kappa shape index (κ3) is 1.99. The molecule has 0 saturated heterocycles. The van der Waals surface area contributed by atoms with E-state index in [2.05, 4.69) is 4.99 Å². The predicted octanol–water partition coefficient (Wildman–Crippen LogP) is 1.33. The van der Waals surface area contributed by atoms with E-state index in [9.17, 15) is 15.0 Å². The maximum atomic E-state index is 11.7. The molecule has 88 valence electrons. The molecular weight excluding hydrogens is 220 g/mol. The van der Waals surface area contributed by atoms with E-state index in [4.69, 9.17) is 0 Å². The van der Waals surface area contributed by atoms with Crippen LogP contribution in [0, 0.1) is 0 Å². The molecule has 0 saturated carbocycles. The lowest BCUT2D eigenvalue weighted by Crippen LogP contribution is -2.25. The number of phenols is 2. The van der Waals surface area contributed by atoms with Crippen molar-refractivity contribution in [1.82, 2.24) is 4.90 Å². The standard InChI is InChI=1S/C12H12N2O3/c1-7-13-10(12(17)14(7)2)6-8-5-9(15)3-4-11(8)16/h3-6,15-16H,1-2H3/b10-6-. The summed E-state index contributed by atoms with van der Waals surface area (Å²) < 4.78 is 0. The van der Waals surface area contributed by atoms with E-state index in [0.29, 0.717) is 11.4 Å². The van der Waals surface area contributed by atoms with Gasteiger partial charge in [-0.05, 0) is 31.2 Å². The third-order valence-corrected chi connectivity index (χ3v) is 2.59. The van der Waals surface area contributed by atoms with Crippen LogP contribution in [0.15, 0.2) is 28.9 Å². The number of amides is 1. The summed E-state index contributed by atoms with van der Waals surface area (Å²) in [5.41, 5.74) is 0.603. The molecule has 1 amide bonds. The number of carbonyl (C=O) groups excluding carboxylic acids is 1. The van der Waals surface area contributed by atoms with Crippen molar-refractivity contribution in [2.24, 2.45) is 4.99 Å². The molecule has 0 aliphatic carbocycles. The number of aromatic hydroxyl groups is 2. The van der Waals surface area contributed by atoms with Gasteiger partial charge in [0.1, 0.15) is 23.0 Å². The zero-order valence-electron chi connectivity index (χ0n) is 9.51. The highest BCUT2D eigenvalue weighted by molar-refractivity contribution is 6.13. The van der Waals surface area contributed by atoms with Crippen molar-refractivity contribution in [3.05, 3.63) is 29.5 Å². The number of hydrogen-bond donors (Lipinski definition) is 2. The van der Waals surface area contributed by atoms with Crippen LogP contribution in [0.25, 0.3) is 6.08 Å². The van der Waals surface area contributed by atoms with Crippen LogP contribution in [-0.4, -0.2) is 33.9 Å². The largest absolute Gasteiger partial charge is 0.508 e. The van der Waals surface area contributed by atoms with E-state index in [-0.39, 0.29) is 23.1 Å². The third-order valence-electron chi connectivity index (χ3n) is 2.59. The fourth-order valence-corrected chi connectivity index (χ4v) is 1.51. The van der Waals surface area contributed by atoms with Crippen LogP contribution in [0.2, 0.25) is 0 Å². The molecule has 5 heteroatoms. The molecule has 1 aliphatic rings. The second kappa shape index (κ2) is 3.93. The molecule has 0 atom stereocenters. The van der Waals surface area contributed by atoms with Crippen molar-refractivity contribution in [2.75, 3.05) is 7.05 Å². The second-order valence-corrected chi connectivity index (χ2v) is 3.80. The fourth-order valence-electron chi connectivity index (χ4n) is 1.51. The van der Waals surface area contributed by atoms with E-state index in [0.717, 1.165) is 0 Å². The molecule has 2 rings (SSSR count). The Morgan fingerprint density at radius 3 is 2.65 bits per heavy atom. The molecule has 17 heavy (non-hydrogen) atoms.